The van der Waals surface area contributed by atoms with E-state index in [2.05, 4.69) is 5.32 Å². The second-order valence-corrected chi connectivity index (χ2v) is 13.2. The topological polar surface area (TPSA) is 86.8 Å². The molecule has 1 N–H and O–H groups in total. The molecule has 220 valence electrons. The number of rotatable bonds is 12. The van der Waals surface area contributed by atoms with Gasteiger partial charge in [0.2, 0.25) is 21.8 Å². The Morgan fingerprint density at radius 1 is 0.833 bits per heavy atom. The zero-order valence-corrected chi connectivity index (χ0v) is 25.6. The minimum atomic E-state index is -4.00. The van der Waals surface area contributed by atoms with E-state index >= 15 is 0 Å². The number of nitrogens with zero attached hydrogens (tertiary/aromatic N) is 2. The van der Waals surface area contributed by atoms with Gasteiger partial charge in [-0.05, 0) is 52.1 Å². The summed E-state index contributed by atoms with van der Waals surface area (Å²) in [7, 11) is -2.61. The number of halogens is 1. The van der Waals surface area contributed by atoms with Crippen molar-refractivity contribution in [2.45, 2.75) is 37.8 Å². The smallest absolute Gasteiger partial charge is 0.243 e. The molecule has 0 aliphatic rings. The van der Waals surface area contributed by atoms with Gasteiger partial charge in [-0.1, -0.05) is 98.2 Å². The highest BCUT2D eigenvalue weighted by atomic mass is 35.5. The van der Waals surface area contributed by atoms with Gasteiger partial charge >= 0.3 is 0 Å². The number of hydrogen-bond donors (Lipinski definition) is 1. The first-order valence-electron chi connectivity index (χ1n) is 13.9. The number of carbonyl (C=O) groups excluding carboxylic acids is 2. The van der Waals surface area contributed by atoms with E-state index in [9.17, 15) is 18.0 Å². The van der Waals surface area contributed by atoms with Crippen LogP contribution in [-0.2, 0) is 32.6 Å². The van der Waals surface area contributed by atoms with E-state index in [4.69, 9.17) is 11.6 Å². The van der Waals surface area contributed by atoms with Crippen LogP contribution in [0.2, 0.25) is 5.02 Å². The van der Waals surface area contributed by atoms with Gasteiger partial charge in [0.15, 0.2) is 0 Å². The summed E-state index contributed by atoms with van der Waals surface area (Å²) >= 11 is 6.10. The Bertz CT molecular complexity index is 1630. The Hall–Kier alpha value is -3.72. The molecule has 2 amide bonds. The van der Waals surface area contributed by atoms with Gasteiger partial charge < -0.3 is 10.2 Å². The lowest BCUT2D eigenvalue weighted by Crippen LogP contribution is -2.53. The van der Waals surface area contributed by atoms with Crippen LogP contribution in [0, 0.1) is 5.92 Å². The molecule has 0 spiro atoms. The molecular weight excluding hydrogens is 570 g/mol. The summed E-state index contributed by atoms with van der Waals surface area (Å²) in [5, 5.41) is 5.22. The lowest BCUT2D eigenvalue weighted by molar-refractivity contribution is -0.141. The van der Waals surface area contributed by atoms with E-state index in [0.29, 0.717) is 11.6 Å². The summed E-state index contributed by atoms with van der Waals surface area (Å²) in [5.41, 5.74) is 1.65. The van der Waals surface area contributed by atoms with Crippen LogP contribution < -0.4 is 5.32 Å². The standard InChI is InChI=1S/C33H36ClN3O4S/c1-24(2)21-35-33(39)31(19-25-9-5-4-6-10-25)37(22-26-13-16-29(34)17-14-26)32(38)23-36(3)42(40,41)30-18-15-27-11-7-8-12-28(27)20-30/h4-18,20,24,31H,19,21-23H2,1-3H3,(H,35,39)/t31-/m0/s1. The molecule has 0 radical (unpaired) electrons. The van der Waals surface area contributed by atoms with E-state index in [1.807, 2.05) is 68.4 Å². The number of amides is 2. The molecule has 42 heavy (non-hydrogen) atoms. The van der Waals surface area contributed by atoms with Gasteiger partial charge in [0.05, 0.1) is 11.4 Å². The summed E-state index contributed by atoms with van der Waals surface area (Å²) in [6.07, 6.45) is 0.269. The molecule has 0 aliphatic carbocycles. The molecule has 4 aromatic rings. The third-order valence-corrected chi connectivity index (χ3v) is 9.06. The van der Waals surface area contributed by atoms with Gasteiger partial charge in [-0.15, -0.1) is 0 Å². The Kier molecular flexibility index (Phi) is 10.4. The van der Waals surface area contributed by atoms with Crippen molar-refractivity contribution in [3.05, 3.63) is 113 Å². The van der Waals surface area contributed by atoms with Crippen LogP contribution in [0.4, 0.5) is 0 Å². The largest absolute Gasteiger partial charge is 0.354 e. The van der Waals surface area contributed by atoms with Crippen molar-refractivity contribution in [3.63, 3.8) is 0 Å². The summed E-state index contributed by atoms with van der Waals surface area (Å²) in [6.45, 7) is 4.10. The zero-order valence-electron chi connectivity index (χ0n) is 24.0. The van der Waals surface area contributed by atoms with Crippen LogP contribution in [0.25, 0.3) is 10.8 Å². The van der Waals surface area contributed by atoms with Crippen LogP contribution in [0.15, 0.2) is 102 Å². The molecule has 0 saturated carbocycles. The fourth-order valence-electron chi connectivity index (χ4n) is 4.64. The fraction of sp³-hybridized carbons (Fsp3) is 0.273. The molecule has 0 aromatic heterocycles. The average molecular weight is 606 g/mol. The fourth-order valence-corrected chi connectivity index (χ4v) is 5.92. The van der Waals surface area contributed by atoms with Crippen molar-refractivity contribution in [2.24, 2.45) is 5.92 Å². The van der Waals surface area contributed by atoms with Gasteiger partial charge in [-0.3, -0.25) is 9.59 Å². The van der Waals surface area contributed by atoms with Gasteiger partial charge in [-0.2, -0.15) is 4.31 Å². The third-order valence-electron chi connectivity index (χ3n) is 7.01. The number of likely N-dealkylation sites (N-methyl/N-ethyl adjacent to an activating group) is 1. The maximum Gasteiger partial charge on any atom is 0.243 e. The number of carbonyl (C=O) groups is 2. The van der Waals surface area contributed by atoms with E-state index in [0.717, 1.165) is 26.2 Å². The highest BCUT2D eigenvalue weighted by Gasteiger charge is 2.33. The first-order valence-corrected chi connectivity index (χ1v) is 15.7. The van der Waals surface area contributed by atoms with Crippen LogP contribution in [-0.4, -0.2) is 55.6 Å². The van der Waals surface area contributed by atoms with Crippen molar-refractivity contribution < 1.29 is 18.0 Å². The minimum absolute atomic E-state index is 0.0938. The Morgan fingerprint density at radius 3 is 2.14 bits per heavy atom. The number of benzene rings is 4. The lowest BCUT2D eigenvalue weighted by atomic mass is 10.0. The van der Waals surface area contributed by atoms with Crippen molar-refractivity contribution in [1.82, 2.24) is 14.5 Å². The summed E-state index contributed by atoms with van der Waals surface area (Å²) in [4.78, 5) is 29.2. The number of hydrogen-bond acceptors (Lipinski definition) is 4. The first-order chi connectivity index (χ1) is 20.0. The number of nitrogens with one attached hydrogen (secondary N) is 1. The molecule has 7 nitrogen and oxygen atoms in total. The molecule has 0 saturated heterocycles. The predicted molar refractivity (Wildman–Crippen MR) is 168 cm³/mol. The molecule has 0 unspecified atom stereocenters. The normalized spacial score (nSPS) is 12.4. The SMILES string of the molecule is CC(C)CNC(=O)[C@H](Cc1ccccc1)N(Cc1ccc(Cl)cc1)C(=O)CN(C)S(=O)(=O)c1ccc2ccccc2c1. The highest BCUT2D eigenvalue weighted by Crippen LogP contribution is 2.22. The zero-order chi connectivity index (χ0) is 30.3. The Labute approximate surface area is 253 Å². The molecular formula is C33H36ClN3O4S. The predicted octanol–water partition coefficient (Wildman–Crippen LogP) is 5.53. The van der Waals surface area contributed by atoms with Gasteiger partial charge in [0.1, 0.15) is 6.04 Å². The highest BCUT2D eigenvalue weighted by molar-refractivity contribution is 7.89. The Morgan fingerprint density at radius 2 is 1.48 bits per heavy atom. The summed E-state index contributed by atoms with van der Waals surface area (Å²) < 4.78 is 28.2. The number of sulfonamides is 1. The van der Waals surface area contributed by atoms with Crippen molar-refractivity contribution in [3.8, 4) is 0 Å². The maximum atomic E-state index is 14.0. The molecule has 0 fully saturated rings. The van der Waals surface area contributed by atoms with Crippen LogP contribution in [0.5, 0.6) is 0 Å². The van der Waals surface area contributed by atoms with E-state index in [-0.39, 0.29) is 29.7 Å². The van der Waals surface area contributed by atoms with Crippen molar-refractivity contribution in [1.29, 1.82) is 0 Å². The molecule has 0 heterocycles. The molecule has 9 heteroatoms. The van der Waals surface area contributed by atoms with Gasteiger partial charge in [0.25, 0.3) is 0 Å². The Balaban J connectivity index is 1.66. The lowest BCUT2D eigenvalue weighted by Gasteiger charge is -2.33. The minimum Gasteiger partial charge on any atom is -0.354 e. The second-order valence-electron chi connectivity index (χ2n) is 10.8. The molecule has 4 aromatic carbocycles. The van der Waals surface area contributed by atoms with Gasteiger partial charge in [-0.25, -0.2) is 8.42 Å². The third kappa shape index (κ3) is 7.97. The van der Waals surface area contributed by atoms with E-state index < -0.39 is 28.5 Å². The van der Waals surface area contributed by atoms with Crippen molar-refractivity contribution >= 4 is 44.2 Å². The van der Waals surface area contributed by atoms with E-state index in [1.165, 1.54) is 11.9 Å². The number of fused-ring (bicyclic) bond motifs is 1. The molecule has 0 aliphatic heterocycles. The van der Waals surface area contributed by atoms with Crippen LogP contribution in [0.3, 0.4) is 0 Å². The second kappa shape index (κ2) is 14.0. The van der Waals surface area contributed by atoms with Crippen molar-refractivity contribution in [2.75, 3.05) is 20.1 Å². The maximum absolute atomic E-state index is 14.0. The molecule has 1 atom stereocenters. The average Bonchev–Trinajstić information content (AvgIpc) is 2.98. The summed E-state index contributed by atoms with van der Waals surface area (Å²) in [5.74, 6) is -0.572. The quantitative estimate of drug-likeness (QED) is 0.230. The van der Waals surface area contributed by atoms with Gasteiger partial charge in [0, 0.05) is 31.6 Å². The van der Waals surface area contributed by atoms with Crippen LogP contribution >= 0.6 is 11.6 Å². The van der Waals surface area contributed by atoms with E-state index in [1.54, 1.807) is 42.5 Å². The molecule has 4 rings (SSSR count). The molecule has 0 bridgehead atoms. The monoisotopic (exact) mass is 605 g/mol. The first kappa shape index (κ1) is 31.2. The summed E-state index contributed by atoms with van der Waals surface area (Å²) in [6, 6.07) is 28.0. The van der Waals surface area contributed by atoms with Crippen LogP contribution in [0.1, 0.15) is 25.0 Å².